The summed E-state index contributed by atoms with van der Waals surface area (Å²) >= 11 is 0. The third kappa shape index (κ3) is 3.16. The summed E-state index contributed by atoms with van der Waals surface area (Å²) in [5.41, 5.74) is 0.929. The average Bonchev–Trinajstić information content (AvgIpc) is 3.19. The third-order valence-corrected chi connectivity index (χ3v) is 3.88. The van der Waals surface area contributed by atoms with Gasteiger partial charge in [-0.15, -0.1) is 0 Å². The van der Waals surface area contributed by atoms with Crippen LogP contribution in [0.25, 0.3) is 0 Å². The van der Waals surface area contributed by atoms with Gasteiger partial charge in [0.25, 0.3) is 0 Å². The quantitative estimate of drug-likeness (QED) is 0.814. The molecule has 1 aromatic rings. The van der Waals surface area contributed by atoms with E-state index in [0.717, 1.165) is 23.9 Å². The number of ether oxygens (including phenoxy) is 1. The maximum Gasteiger partial charge on any atom is 0.124 e. The molecule has 0 saturated heterocycles. The van der Waals surface area contributed by atoms with Gasteiger partial charge in [-0.2, -0.15) is 0 Å². The molecule has 2 N–H and O–H groups in total. The summed E-state index contributed by atoms with van der Waals surface area (Å²) < 4.78 is 5.09. The van der Waals surface area contributed by atoms with Crippen molar-refractivity contribution >= 4 is 0 Å². The van der Waals surface area contributed by atoms with Gasteiger partial charge in [-0.25, -0.2) is 0 Å². The Balaban J connectivity index is 1.92. The molecule has 0 aromatic heterocycles. The van der Waals surface area contributed by atoms with E-state index in [-0.39, 0.29) is 6.04 Å². The standard InChI is InChI=1S/C15H23NO2/c1-10(12-4-5-12)9-16-11(2)14-7-6-13(18-3)8-15(14)17/h6-8,10-12,16-17H,4-5,9H2,1-3H3. The Hall–Kier alpha value is -1.22. The van der Waals surface area contributed by atoms with E-state index in [1.54, 1.807) is 13.2 Å². The maximum atomic E-state index is 9.96. The number of phenols is 1. The number of aromatic hydroxyl groups is 1. The van der Waals surface area contributed by atoms with E-state index in [9.17, 15) is 5.11 Å². The van der Waals surface area contributed by atoms with Gasteiger partial charge in [0.05, 0.1) is 7.11 Å². The monoisotopic (exact) mass is 249 g/mol. The molecule has 0 heterocycles. The number of phenolic OH excluding ortho intramolecular Hbond substituents is 1. The van der Waals surface area contributed by atoms with Crippen molar-refractivity contribution in [2.75, 3.05) is 13.7 Å². The summed E-state index contributed by atoms with van der Waals surface area (Å²) in [4.78, 5) is 0. The highest BCUT2D eigenvalue weighted by atomic mass is 16.5. The van der Waals surface area contributed by atoms with Crippen LogP contribution in [-0.4, -0.2) is 18.8 Å². The Morgan fingerprint density at radius 3 is 2.67 bits per heavy atom. The first-order chi connectivity index (χ1) is 8.61. The highest BCUT2D eigenvalue weighted by Gasteiger charge is 2.27. The Morgan fingerprint density at radius 2 is 2.11 bits per heavy atom. The molecular formula is C15H23NO2. The van der Waals surface area contributed by atoms with Gasteiger partial charge in [-0.3, -0.25) is 0 Å². The second-order valence-corrected chi connectivity index (χ2v) is 5.37. The van der Waals surface area contributed by atoms with Gasteiger partial charge in [0.2, 0.25) is 0 Å². The first-order valence-corrected chi connectivity index (χ1v) is 6.72. The zero-order valence-electron chi connectivity index (χ0n) is 11.4. The minimum Gasteiger partial charge on any atom is -0.507 e. The van der Waals surface area contributed by atoms with Crippen LogP contribution in [0.5, 0.6) is 11.5 Å². The first kappa shape index (κ1) is 13.2. The van der Waals surface area contributed by atoms with E-state index in [4.69, 9.17) is 4.74 Å². The van der Waals surface area contributed by atoms with Crippen molar-refractivity contribution in [2.45, 2.75) is 32.7 Å². The van der Waals surface area contributed by atoms with E-state index in [2.05, 4.69) is 19.2 Å². The number of benzene rings is 1. The van der Waals surface area contributed by atoms with Gasteiger partial charge in [0.15, 0.2) is 0 Å². The number of hydrogen-bond acceptors (Lipinski definition) is 3. The van der Waals surface area contributed by atoms with Crippen LogP contribution in [0.15, 0.2) is 18.2 Å². The summed E-state index contributed by atoms with van der Waals surface area (Å²) in [6.45, 7) is 5.39. The summed E-state index contributed by atoms with van der Waals surface area (Å²) in [6, 6.07) is 5.64. The number of hydrogen-bond donors (Lipinski definition) is 2. The van der Waals surface area contributed by atoms with Gasteiger partial charge < -0.3 is 15.2 Å². The molecule has 3 heteroatoms. The molecule has 0 amide bonds. The molecule has 100 valence electrons. The molecule has 3 nitrogen and oxygen atoms in total. The van der Waals surface area contributed by atoms with E-state index >= 15 is 0 Å². The fraction of sp³-hybridized carbons (Fsp3) is 0.600. The second-order valence-electron chi connectivity index (χ2n) is 5.37. The van der Waals surface area contributed by atoms with Crippen LogP contribution in [-0.2, 0) is 0 Å². The van der Waals surface area contributed by atoms with Crippen LogP contribution in [0.3, 0.4) is 0 Å². The molecular weight excluding hydrogens is 226 g/mol. The molecule has 18 heavy (non-hydrogen) atoms. The molecule has 1 aromatic carbocycles. The normalized spacial score (nSPS) is 18.4. The maximum absolute atomic E-state index is 9.96. The zero-order chi connectivity index (χ0) is 13.1. The molecule has 0 aliphatic heterocycles. The summed E-state index contributed by atoms with van der Waals surface area (Å²) in [6.07, 6.45) is 2.76. The lowest BCUT2D eigenvalue weighted by molar-refractivity contribution is 0.398. The molecule has 1 saturated carbocycles. The van der Waals surface area contributed by atoms with Gasteiger partial charge >= 0.3 is 0 Å². The van der Waals surface area contributed by atoms with Crippen LogP contribution in [0, 0.1) is 11.8 Å². The molecule has 0 radical (unpaired) electrons. The van der Waals surface area contributed by atoms with Gasteiger partial charge in [-0.1, -0.05) is 13.0 Å². The molecule has 0 spiro atoms. The minimum absolute atomic E-state index is 0.164. The molecule has 1 fully saturated rings. The molecule has 0 bridgehead atoms. The smallest absolute Gasteiger partial charge is 0.124 e. The predicted molar refractivity (Wildman–Crippen MR) is 73.0 cm³/mol. The highest BCUT2D eigenvalue weighted by Crippen LogP contribution is 2.36. The lowest BCUT2D eigenvalue weighted by atomic mass is 10.0. The average molecular weight is 249 g/mol. The summed E-state index contributed by atoms with van der Waals surface area (Å²) in [5, 5.41) is 13.5. The van der Waals surface area contributed by atoms with Gasteiger partial charge in [0, 0.05) is 17.7 Å². The van der Waals surface area contributed by atoms with Gasteiger partial charge in [0.1, 0.15) is 11.5 Å². The van der Waals surface area contributed by atoms with Crippen molar-refractivity contribution in [1.82, 2.24) is 5.32 Å². The topological polar surface area (TPSA) is 41.5 Å². The van der Waals surface area contributed by atoms with Crippen molar-refractivity contribution in [3.8, 4) is 11.5 Å². The number of nitrogens with one attached hydrogen (secondary N) is 1. The lowest BCUT2D eigenvalue weighted by Gasteiger charge is -2.19. The Kier molecular flexibility index (Phi) is 4.12. The molecule has 2 rings (SSSR count). The van der Waals surface area contributed by atoms with Crippen molar-refractivity contribution < 1.29 is 9.84 Å². The lowest BCUT2D eigenvalue weighted by Crippen LogP contribution is -2.25. The number of rotatable bonds is 6. The fourth-order valence-corrected chi connectivity index (χ4v) is 2.32. The Bertz CT molecular complexity index is 401. The second kappa shape index (κ2) is 5.61. The van der Waals surface area contributed by atoms with E-state index in [0.29, 0.717) is 11.5 Å². The van der Waals surface area contributed by atoms with Crippen LogP contribution >= 0.6 is 0 Å². The number of methoxy groups -OCH3 is 1. The zero-order valence-corrected chi connectivity index (χ0v) is 11.4. The van der Waals surface area contributed by atoms with Crippen LogP contribution < -0.4 is 10.1 Å². The fourth-order valence-electron chi connectivity index (χ4n) is 2.32. The van der Waals surface area contributed by atoms with E-state index < -0.39 is 0 Å². The molecule has 2 unspecified atom stereocenters. The summed E-state index contributed by atoms with van der Waals surface area (Å²) in [5.74, 6) is 2.63. The molecule has 2 atom stereocenters. The largest absolute Gasteiger partial charge is 0.507 e. The van der Waals surface area contributed by atoms with Crippen LogP contribution in [0.1, 0.15) is 38.3 Å². The van der Waals surface area contributed by atoms with Crippen LogP contribution in [0.2, 0.25) is 0 Å². The van der Waals surface area contributed by atoms with Gasteiger partial charge in [-0.05, 0) is 44.2 Å². The third-order valence-electron chi connectivity index (χ3n) is 3.88. The van der Waals surface area contributed by atoms with Crippen molar-refractivity contribution in [3.63, 3.8) is 0 Å². The summed E-state index contributed by atoms with van der Waals surface area (Å²) in [7, 11) is 1.60. The van der Waals surface area contributed by atoms with Crippen molar-refractivity contribution in [1.29, 1.82) is 0 Å². The molecule has 1 aliphatic carbocycles. The SMILES string of the molecule is COc1ccc(C(C)NCC(C)C2CC2)c(O)c1. The predicted octanol–water partition coefficient (Wildman–Crippen LogP) is 3.10. The highest BCUT2D eigenvalue weighted by molar-refractivity contribution is 5.41. The molecule has 1 aliphatic rings. The first-order valence-electron chi connectivity index (χ1n) is 6.72. The minimum atomic E-state index is 0.164. The Labute approximate surface area is 109 Å². The van der Waals surface area contributed by atoms with Crippen molar-refractivity contribution in [3.05, 3.63) is 23.8 Å². The Morgan fingerprint density at radius 1 is 1.39 bits per heavy atom. The van der Waals surface area contributed by atoms with Crippen LogP contribution in [0.4, 0.5) is 0 Å². The van der Waals surface area contributed by atoms with E-state index in [1.165, 1.54) is 12.8 Å². The van der Waals surface area contributed by atoms with E-state index in [1.807, 2.05) is 12.1 Å². The van der Waals surface area contributed by atoms with Crippen molar-refractivity contribution in [2.24, 2.45) is 11.8 Å².